The van der Waals surface area contributed by atoms with Gasteiger partial charge >= 0.3 is 11.9 Å². The normalized spacial score (nSPS) is 12.0. The second-order valence-electron chi connectivity index (χ2n) is 5.26. The molecule has 0 amide bonds. The minimum Gasteiger partial charge on any atom is -0.481 e. The lowest BCUT2D eigenvalue weighted by Gasteiger charge is -2.12. The maximum Gasteiger partial charge on any atom is 0.338 e. The molecule has 1 rings (SSSR count). The van der Waals surface area contributed by atoms with Crippen LogP contribution in [0.2, 0.25) is 0 Å². The Morgan fingerprint density at radius 2 is 1.90 bits per heavy atom. The van der Waals surface area contributed by atoms with Crippen LogP contribution >= 0.6 is 0 Å². The predicted octanol–water partition coefficient (Wildman–Crippen LogP) is 3.46. The molecule has 1 aromatic carbocycles. The average molecular weight is 290 g/mol. The summed E-state index contributed by atoms with van der Waals surface area (Å²) in [4.78, 5) is 22.9. The highest BCUT2D eigenvalue weighted by Crippen LogP contribution is 2.16. The third-order valence-corrected chi connectivity index (χ3v) is 3.08. The molecule has 0 fully saturated rings. The third kappa shape index (κ3) is 5.81. The molecule has 114 valence electrons. The van der Waals surface area contributed by atoms with E-state index >= 15 is 0 Å². The van der Waals surface area contributed by atoms with Crippen molar-refractivity contribution >= 4 is 11.9 Å². The molecule has 4 heteroatoms. The van der Waals surface area contributed by atoms with E-state index in [9.17, 15) is 14.7 Å². The van der Waals surface area contributed by atoms with Gasteiger partial charge in [-0.05, 0) is 50.8 Å². The summed E-state index contributed by atoms with van der Waals surface area (Å²) in [5, 5.41) is 9.19. The number of benzene rings is 1. The highest BCUT2D eigenvalue weighted by Gasteiger charge is 2.17. The lowest BCUT2D eigenvalue weighted by atomic mass is 9.94. The molecule has 0 aromatic heterocycles. The molecule has 0 spiro atoms. The fourth-order valence-corrected chi connectivity index (χ4v) is 1.98. The zero-order chi connectivity index (χ0) is 15.8. The molecule has 21 heavy (non-hydrogen) atoms. The van der Waals surface area contributed by atoms with Crippen molar-refractivity contribution in [2.45, 2.75) is 39.2 Å². The van der Waals surface area contributed by atoms with Crippen LogP contribution in [0.3, 0.4) is 0 Å². The maximum atomic E-state index is 11.7. The number of carboxylic acid groups (broad SMARTS) is 1. The molecule has 0 bridgehead atoms. The van der Waals surface area contributed by atoms with Crippen molar-refractivity contribution in [3.63, 3.8) is 0 Å². The number of aliphatic carboxylic acids is 1. The molecule has 0 aliphatic carbocycles. The van der Waals surface area contributed by atoms with Crippen LogP contribution < -0.4 is 0 Å². The third-order valence-electron chi connectivity index (χ3n) is 3.08. The minimum atomic E-state index is -0.805. The Hall–Kier alpha value is -2.10. The Kier molecular flexibility index (Phi) is 6.66. The van der Waals surface area contributed by atoms with E-state index in [1.165, 1.54) is 0 Å². The number of carbonyl (C=O) groups is 2. The van der Waals surface area contributed by atoms with E-state index in [2.05, 4.69) is 6.58 Å². The van der Waals surface area contributed by atoms with E-state index in [1.807, 2.05) is 0 Å². The Morgan fingerprint density at radius 3 is 2.38 bits per heavy atom. The molecule has 0 saturated heterocycles. The van der Waals surface area contributed by atoms with Crippen molar-refractivity contribution < 1.29 is 19.4 Å². The largest absolute Gasteiger partial charge is 0.481 e. The number of carboxylic acids is 1. The van der Waals surface area contributed by atoms with Gasteiger partial charge in [-0.1, -0.05) is 18.2 Å². The van der Waals surface area contributed by atoms with Crippen LogP contribution in [0.25, 0.3) is 0 Å². The summed E-state index contributed by atoms with van der Waals surface area (Å²) in [6, 6.07) is 6.90. The zero-order valence-electron chi connectivity index (χ0n) is 12.5. The van der Waals surface area contributed by atoms with Crippen molar-refractivity contribution in [2.24, 2.45) is 5.92 Å². The molecule has 0 heterocycles. The molecule has 0 radical (unpaired) electrons. The van der Waals surface area contributed by atoms with Gasteiger partial charge in [0, 0.05) is 0 Å². The molecule has 1 N–H and O–H groups in total. The average Bonchev–Trinajstić information content (AvgIpc) is 2.43. The van der Waals surface area contributed by atoms with Crippen LogP contribution in [0.1, 0.15) is 42.6 Å². The Labute approximate surface area is 125 Å². The van der Waals surface area contributed by atoms with Gasteiger partial charge in [-0.25, -0.2) is 4.79 Å². The standard InChI is InChI=1S/C17H22O4/c1-4-5-6-15(16(18)19)11-13-7-9-14(10-8-13)17(20)21-12(2)3/h4,7-10,12,15H,1,5-6,11H2,2-3H3,(H,18,19). The molecule has 0 aliphatic heterocycles. The second kappa shape index (κ2) is 8.25. The summed E-state index contributed by atoms with van der Waals surface area (Å²) >= 11 is 0. The van der Waals surface area contributed by atoms with Gasteiger partial charge in [0.1, 0.15) is 0 Å². The first-order valence-corrected chi connectivity index (χ1v) is 7.07. The number of carbonyl (C=O) groups excluding carboxylic acids is 1. The first-order chi connectivity index (χ1) is 9.93. The van der Waals surface area contributed by atoms with Gasteiger partial charge in [0.2, 0.25) is 0 Å². The first kappa shape index (κ1) is 17.0. The Bertz CT molecular complexity index is 488. The molecule has 1 atom stereocenters. The summed E-state index contributed by atoms with van der Waals surface area (Å²) in [6.07, 6.45) is 3.25. The first-order valence-electron chi connectivity index (χ1n) is 7.07. The molecule has 4 nitrogen and oxygen atoms in total. The van der Waals surface area contributed by atoms with Gasteiger partial charge in [-0.15, -0.1) is 6.58 Å². The summed E-state index contributed by atoms with van der Waals surface area (Å²) in [6.45, 7) is 7.20. The van der Waals surface area contributed by atoms with E-state index in [4.69, 9.17) is 4.74 Å². The Morgan fingerprint density at radius 1 is 1.29 bits per heavy atom. The smallest absolute Gasteiger partial charge is 0.338 e. The van der Waals surface area contributed by atoms with Gasteiger partial charge in [-0.3, -0.25) is 4.79 Å². The lowest BCUT2D eigenvalue weighted by molar-refractivity contribution is -0.141. The zero-order valence-corrected chi connectivity index (χ0v) is 12.5. The highest BCUT2D eigenvalue weighted by molar-refractivity contribution is 5.89. The summed E-state index contributed by atoms with van der Waals surface area (Å²) < 4.78 is 5.10. The van der Waals surface area contributed by atoms with Crippen molar-refractivity contribution in [1.29, 1.82) is 0 Å². The van der Waals surface area contributed by atoms with Crippen molar-refractivity contribution in [1.82, 2.24) is 0 Å². The second-order valence-corrected chi connectivity index (χ2v) is 5.26. The van der Waals surface area contributed by atoms with Crippen LogP contribution in [0.15, 0.2) is 36.9 Å². The fraction of sp³-hybridized carbons (Fsp3) is 0.412. The van der Waals surface area contributed by atoms with Crippen LogP contribution in [-0.4, -0.2) is 23.1 Å². The van der Waals surface area contributed by atoms with Gasteiger partial charge in [0.05, 0.1) is 17.6 Å². The lowest BCUT2D eigenvalue weighted by Crippen LogP contribution is -2.16. The van der Waals surface area contributed by atoms with Crippen molar-refractivity contribution in [2.75, 3.05) is 0 Å². The number of esters is 1. The summed E-state index contributed by atoms with van der Waals surface area (Å²) in [5.74, 6) is -1.60. The number of allylic oxidation sites excluding steroid dienone is 1. The van der Waals surface area contributed by atoms with E-state index in [0.717, 1.165) is 5.56 Å². The van der Waals surface area contributed by atoms with Crippen LogP contribution in [0.5, 0.6) is 0 Å². The SMILES string of the molecule is C=CCCC(Cc1ccc(C(=O)OC(C)C)cc1)C(=O)O. The maximum absolute atomic E-state index is 11.7. The Balaban J connectivity index is 2.70. The number of ether oxygens (including phenoxy) is 1. The van der Waals surface area contributed by atoms with Gasteiger partial charge in [-0.2, -0.15) is 0 Å². The van der Waals surface area contributed by atoms with Crippen LogP contribution in [0.4, 0.5) is 0 Å². The van der Waals surface area contributed by atoms with Crippen molar-refractivity contribution in [3.05, 3.63) is 48.0 Å². The molecule has 0 aliphatic rings. The number of rotatable bonds is 8. The molecule has 1 aromatic rings. The molecule has 1 unspecified atom stereocenters. The van der Waals surface area contributed by atoms with Gasteiger partial charge < -0.3 is 9.84 Å². The van der Waals surface area contributed by atoms with E-state index in [1.54, 1.807) is 44.2 Å². The van der Waals surface area contributed by atoms with Crippen LogP contribution in [-0.2, 0) is 16.0 Å². The topological polar surface area (TPSA) is 63.6 Å². The van der Waals surface area contributed by atoms with Gasteiger partial charge in [0.25, 0.3) is 0 Å². The molecular weight excluding hydrogens is 268 g/mol. The summed E-state index contributed by atoms with van der Waals surface area (Å²) in [5.41, 5.74) is 1.37. The quantitative estimate of drug-likeness (QED) is 0.588. The molecular formula is C17H22O4. The highest BCUT2D eigenvalue weighted by atomic mass is 16.5. The summed E-state index contributed by atoms with van der Waals surface area (Å²) in [7, 11) is 0. The predicted molar refractivity (Wildman–Crippen MR) is 81.3 cm³/mol. The number of hydrogen-bond acceptors (Lipinski definition) is 3. The fourth-order valence-electron chi connectivity index (χ4n) is 1.98. The van der Waals surface area contributed by atoms with Crippen LogP contribution in [0, 0.1) is 5.92 Å². The number of hydrogen-bond donors (Lipinski definition) is 1. The van der Waals surface area contributed by atoms with E-state index in [-0.39, 0.29) is 12.1 Å². The minimum absolute atomic E-state index is 0.160. The molecule has 0 saturated carbocycles. The monoisotopic (exact) mass is 290 g/mol. The van der Waals surface area contributed by atoms with E-state index in [0.29, 0.717) is 24.8 Å². The van der Waals surface area contributed by atoms with Gasteiger partial charge in [0.15, 0.2) is 0 Å². The van der Waals surface area contributed by atoms with E-state index < -0.39 is 11.9 Å². The van der Waals surface area contributed by atoms with Crippen molar-refractivity contribution in [3.8, 4) is 0 Å².